The van der Waals surface area contributed by atoms with Gasteiger partial charge in [-0.25, -0.2) is 22.8 Å². The summed E-state index contributed by atoms with van der Waals surface area (Å²) in [7, 11) is 0. The number of carbonyl (C=O) groups excluding carboxylic acids is 4. The molecule has 1 N–H and O–H groups in total. The predicted molar refractivity (Wildman–Crippen MR) is 202 cm³/mol. The third-order valence-electron chi connectivity index (χ3n) is 10.0. The first kappa shape index (κ1) is 38.7. The summed E-state index contributed by atoms with van der Waals surface area (Å²) in [6.07, 6.45) is 0.0978. The Morgan fingerprint density at radius 2 is 1.39 bits per heavy atom. The lowest BCUT2D eigenvalue weighted by molar-refractivity contribution is -0.122. The van der Waals surface area contributed by atoms with Gasteiger partial charge in [0, 0.05) is 47.8 Å². The number of rotatable bonds is 6. The first-order valence-corrected chi connectivity index (χ1v) is 18.8. The van der Waals surface area contributed by atoms with Gasteiger partial charge in [0.05, 0.1) is 17.3 Å². The minimum absolute atomic E-state index is 0.00178. The molecule has 3 aliphatic heterocycles. The summed E-state index contributed by atoms with van der Waals surface area (Å²) in [6.45, 7) is 11.4. The first-order valence-electron chi connectivity index (χ1n) is 18.8. The number of hydrogen-bond acceptors (Lipinski definition) is 7. The highest BCUT2D eigenvalue weighted by atomic mass is 19.2. The standard InChI is InChI=1S/C42H45F3N4O7/c1-41(2,3)55-39(52)47-15-7-9-31(47)34(50)18-23-11-14-30-24(17-23)21-33-27-13-12-26(46-37(51)32-10-8-16-48(32)40(53)56-42(4,5)6)22-35(27)54-38(49(30)33)25-19-28(43)36(45)29(44)20-25/h11-14,17,19-22,31-32,38H,7-10,15-16,18H2,1-6H3,(H,46,51)/t31-,32-,38-/m0/s1. The summed E-state index contributed by atoms with van der Waals surface area (Å²) in [5, 5.41) is 3.57. The van der Waals surface area contributed by atoms with E-state index in [4.69, 9.17) is 14.2 Å². The predicted octanol–water partition coefficient (Wildman–Crippen LogP) is 8.51. The van der Waals surface area contributed by atoms with Crippen LogP contribution < -0.4 is 10.1 Å². The summed E-state index contributed by atoms with van der Waals surface area (Å²) < 4.78 is 62.7. The highest BCUT2D eigenvalue weighted by Crippen LogP contribution is 2.45. The molecule has 4 aromatic rings. The Kier molecular flexibility index (Phi) is 10.0. The fourth-order valence-electron chi connectivity index (χ4n) is 7.64. The molecular weight excluding hydrogens is 729 g/mol. The van der Waals surface area contributed by atoms with Crippen molar-refractivity contribution in [1.29, 1.82) is 0 Å². The van der Waals surface area contributed by atoms with Gasteiger partial charge in [-0.3, -0.25) is 19.4 Å². The molecule has 3 amide bonds. The van der Waals surface area contributed by atoms with Crippen molar-refractivity contribution in [3.05, 3.63) is 83.2 Å². The quantitative estimate of drug-likeness (QED) is 0.195. The lowest BCUT2D eigenvalue weighted by Crippen LogP contribution is -2.45. The SMILES string of the molecule is CC(C)(C)OC(=O)N1CCC[C@H]1C(=O)Cc1ccc2c(c1)cc1n2[C@H](c2cc(F)c(F)c(F)c2)Oc2cc(NC(=O)[C@@H]3CCCN3C(=O)OC(C)(C)C)ccc2-1. The molecule has 0 aliphatic carbocycles. The lowest BCUT2D eigenvalue weighted by Gasteiger charge is -2.31. The molecule has 0 radical (unpaired) electrons. The number of halogens is 3. The number of likely N-dealkylation sites (tertiary alicyclic amines) is 2. The number of fused-ring (bicyclic) bond motifs is 5. The van der Waals surface area contributed by atoms with Gasteiger partial charge in [-0.05, 0) is 115 Å². The summed E-state index contributed by atoms with van der Waals surface area (Å²) in [5.41, 5.74) is 1.46. The fourth-order valence-corrected chi connectivity index (χ4v) is 7.64. The number of aromatic nitrogens is 1. The summed E-state index contributed by atoms with van der Waals surface area (Å²) in [4.78, 5) is 55.7. The highest BCUT2D eigenvalue weighted by molar-refractivity contribution is 5.98. The molecular formula is C42H45F3N4O7. The van der Waals surface area contributed by atoms with Crippen LogP contribution in [0.25, 0.3) is 22.2 Å². The van der Waals surface area contributed by atoms with Gasteiger partial charge >= 0.3 is 12.2 Å². The minimum Gasteiger partial charge on any atom is -0.465 e. The number of ether oxygens (including phenoxy) is 3. The lowest BCUT2D eigenvalue weighted by atomic mass is 10.0. The zero-order chi connectivity index (χ0) is 40.3. The van der Waals surface area contributed by atoms with Crippen molar-refractivity contribution in [2.24, 2.45) is 0 Å². The number of anilines is 1. The van der Waals surface area contributed by atoms with E-state index in [0.29, 0.717) is 72.2 Å². The third-order valence-corrected chi connectivity index (χ3v) is 10.0. The van der Waals surface area contributed by atoms with Crippen molar-refractivity contribution in [2.45, 2.75) is 103 Å². The average molecular weight is 775 g/mol. The largest absolute Gasteiger partial charge is 0.465 e. The summed E-state index contributed by atoms with van der Waals surface area (Å²) in [5.74, 6) is -4.63. The van der Waals surface area contributed by atoms with E-state index in [2.05, 4.69) is 5.32 Å². The second kappa shape index (κ2) is 14.5. The molecule has 11 nitrogen and oxygen atoms in total. The summed E-state index contributed by atoms with van der Waals surface area (Å²) in [6, 6.07) is 12.7. The van der Waals surface area contributed by atoms with E-state index in [9.17, 15) is 32.3 Å². The monoisotopic (exact) mass is 774 g/mol. The van der Waals surface area contributed by atoms with Gasteiger partial charge in [0.2, 0.25) is 12.1 Å². The van der Waals surface area contributed by atoms with Crippen LogP contribution in [-0.4, -0.2) is 74.6 Å². The van der Waals surface area contributed by atoms with Gasteiger partial charge in [-0.15, -0.1) is 0 Å². The van der Waals surface area contributed by atoms with E-state index in [1.54, 1.807) is 76.4 Å². The molecule has 0 spiro atoms. The number of carbonyl (C=O) groups is 4. The van der Waals surface area contributed by atoms with Crippen LogP contribution in [0.2, 0.25) is 0 Å². The molecule has 1 aromatic heterocycles. The van der Waals surface area contributed by atoms with Crippen molar-refractivity contribution in [1.82, 2.24) is 14.4 Å². The van der Waals surface area contributed by atoms with Crippen molar-refractivity contribution in [2.75, 3.05) is 18.4 Å². The molecule has 3 atom stereocenters. The number of nitrogens with zero attached hydrogens (tertiary/aromatic N) is 3. The van der Waals surface area contributed by atoms with Gasteiger partial charge in [-0.1, -0.05) is 6.07 Å². The Balaban J connectivity index is 1.19. The van der Waals surface area contributed by atoms with E-state index >= 15 is 0 Å². The number of Topliss-reactive ketones (excluding diaryl/α,β-unsaturated/α-hetero) is 1. The normalized spacial score (nSPS) is 19.3. The Morgan fingerprint density at radius 1 is 0.786 bits per heavy atom. The van der Waals surface area contributed by atoms with Crippen LogP contribution in [-0.2, 0) is 25.5 Å². The second-order valence-corrected chi connectivity index (χ2v) is 16.6. The molecule has 56 heavy (non-hydrogen) atoms. The number of ketones is 1. The molecule has 0 bridgehead atoms. The van der Waals surface area contributed by atoms with Crippen molar-refractivity contribution in [3.8, 4) is 17.0 Å². The summed E-state index contributed by atoms with van der Waals surface area (Å²) >= 11 is 0. The minimum atomic E-state index is -1.61. The fraction of sp³-hybridized carbons (Fsp3) is 0.429. The van der Waals surface area contributed by atoms with Gasteiger partial charge in [0.25, 0.3) is 0 Å². The Morgan fingerprint density at radius 3 is 2.02 bits per heavy atom. The van der Waals surface area contributed by atoms with E-state index < -0.39 is 65.1 Å². The molecule has 3 aliphatic rings. The van der Waals surface area contributed by atoms with Crippen LogP contribution in [0.3, 0.4) is 0 Å². The van der Waals surface area contributed by atoms with Gasteiger partial charge in [-0.2, -0.15) is 0 Å². The molecule has 2 fully saturated rings. The molecule has 4 heterocycles. The van der Waals surface area contributed by atoms with Gasteiger partial charge in [0.1, 0.15) is 23.0 Å². The molecule has 0 unspecified atom stereocenters. The van der Waals surface area contributed by atoms with E-state index in [0.717, 1.165) is 12.1 Å². The van der Waals surface area contributed by atoms with Crippen LogP contribution in [0.5, 0.6) is 5.75 Å². The molecule has 14 heteroatoms. The first-order chi connectivity index (χ1) is 26.4. The van der Waals surface area contributed by atoms with Crippen molar-refractivity contribution < 1.29 is 46.6 Å². The van der Waals surface area contributed by atoms with E-state index in [1.165, 1.54) is 9.80 Å². The maximum Gasteiger partial charge on any atom is 0.410 e. The molecule has 2 saturated heterocycles. The van der Waals surface area contributed by atoms with Gasteiger partial charge < -0.3 is 24.1 Å². The maximum absolute atomic E-state index is 14.7. The third kappa shape index (κ3) is 7.78. The molecule has 0 saturated carbocycles. The Labute approximate surface area is 322 Å². The van der Waals surface area contributed by atoms with Crippen LogP contribution in [0, 0.1) is 17.5 Å². The number of nitrogens with one attached hydrogen (secondary N) is 1. The van der Waals surface area contributed by atoms with Crippen LogP contribution >= 0.6 is 0 Å². The van der Waals surface area contributed by atoms with Crippen LogP contribution in [0.15, 0.2) is 54.6 Å². The van der Waals surface area contributed by atoms with Crippen LogP contribution in [0.4, 0.5) is 28.4 Å². The van der Waals surface area contributed by atoms with E-state index in [-0.39, 0.29) is 23.5 Å². The molecule has 3 aromatic carbocycles. The Hall–Kier alpha value is -5.53. The average Bonchev–Trinajstić information content (AvgIpc) is 3.87. The smallest absolute Gasteiger partial charge is 0.410 e. The Bertz CT molecular complexity index is 2220. The maximum atomic E-state index is 14.7. The highest BCUT2D eigenvalue weighted by Gasteiger charge is 2.38. The molecule has 296 valence electrons. The number of amides is 3. The number of benzene rings is 3. The van der Waals surface area contributed by atoms with Crippen molar-refractivity contribution in [3.63, 3.8) is 0 Å². The zero-order valence-corrected chi connectivity index (χ0v) is 32.2. The van der Waals surface area contributed by atoms with Crippen LogP contribution in [0.1, 0.15) is 84.6 Å². The van der Waals surface area contributed by atoms with Crippen molar-refractivity contribution >= 4 is 40.5 Å². The van der Waals surface area contributed by atoms with E-state index in [1.807, 2.05) is 12.1 Å². The molecule has 7 rings (SSSR count). The zero-order valence-electron chi connectivity index (χ0n) is 32.2. The number of hydrogen-bond donors (Lipinski definition) is 1. The second-order valence-electron chi connectivity index (χ2n) is 16.6. The topological polar surface area (TPSA) is 119 Å². The van der Waals surface area contributed by atoms with Gasteiger partial charge in [0.15, 0.2) is 23.2 Å².